The van der Waals surface area contributed by atoms with Crippen LogP contribution in [0, 0.1) is 5.41 Å². The average molecular weight is 314 g/mol. The van der Waals surface area contributed by atoms with Gasteiger partial charge in [0.15, 0.2) is 0 Å². The molecule has 0 bridgehead atoms. The highest BCUT2D eigenvalue weighted by molar-refractivity contribution is 8.01. The first kappa shape index (κ1) is 19.6. The second kappa shape index (κ2) is 7.57. The SMILES string of the molecule is CCC(C)(C)COC(=O)C(C)(C)SCCCC(F)(F)F. The van der Waals surface area contributed by atoms with Crippen LogP contribution in [0.2, 0.25) is 0 Å². The fourth-order valence-corrected chi connectivity index (χ4v) is 2.17. The topological polar surface area (TPSA) is 26.3 Å². The van der Waals surface area contributed by atoms with Gasteiger partial charge < -0.3 is 4.74 Å². The van der Waals surface area contributed by atoms with Crippen molar-refractivity contribution in [2.24, 2.45) is 5.41 Å². The Kier molecular flexibility index (Phi) is 7.42. The zero-order chi connectivity index (χ0) is 16.0. The van der Waals surface area contributed by atoms with Crippen LogP contribution in [0.25, 0.3) is 0 Å². The molecule has 0 atom stereocenters. The Balaban J connectivity index is 4.12. The van der Waals surface area contributed by atoms with Gasteiger partial charge in [-0.2, -0.15) is 13.2 Å². The second-order valence-corrected chi connectivity index (χ2v) is 7.89. The normalized spacial score (nSPS) is 13.4. The molecule has 0 aliphatic heterocycles. The van der Waals surface area contributed by atoms with Crippen molar-refractivity contribution in [3.63, 3.8) is 0 Å². The molecule has 0 fully saturated rings. The molecule has 0 aromatic rings. The molecule has 0 aromatic heterocycles. The molecule has 0 aliphatic carbocycles. The lowest BCUT2D eigenvalue weighted by molar-refractivity contribution is -0.148. The fourth-order valence-electron chi connectivity index (χ4n) is 1.20. The van der Waals surface area contributed by atoms with Crippen molar-refractivity contribution >= 4 is 17.7 Å². The molecule has 0 unspecified atom stereocenters. The largest absolute Gasteiger partial charge is 0.464 e. The van der Waals surface area contributed by atoms with E-state index in [9.17, 15) is 18.0 Å². The zero-order valence-corrected chi connectivity index (χ0v) is 13.7. The Hall–Kier alpha value is -0.390. The van der Waals surface area contributed by atoms with Crippen LogP contribution in [0.5, 0.6) is 0 Å². The minimum atomic E-state index is -4.13. The van der Waals surface area contributed by atoms with E-state index in [0.29, 0.717) is 12.4 Å². The number of esters is 1. The van der Waals surface area contributed by atoms with E-state index in [4.69, 9.17) is 4.74 Å². The van der Waals surface area contributed by atoms with E-state index in [0.717, 1.165) is 6.42 Å². The van der Waals surface area contributed by atoms with Crippen LogP contribution in [0.15, 0.2) is 0 Å². The van der Waals surface area contributed by atoms with Crippen molar-refractivity contribution < 1.29 is 22.7 Å². The molecule has 20 heavy (non-hydrogen) atoms. The van der Waals surface area contributed by atoms with Crippen LogP contribution in [-0.2, 0) is 9.53 Å². The first-order chi connectivity index (χ1) is 8.90. The van der Waals surface area contributed by atoms with Gasteiger partial charge in [0.1, 0.15) is 4.75 Å². The van der Waals surface area contributed by atoms with E-state index in [1.54, 1.807) is 13.8 Å². The summed E-state index contributed by atoms with van der Waals surface area (Å²) >= 11 is 1.21. The monoisotopic (exact) mass is 314 g/mol. The quantitative estimate of drug-likeness (QED) is 0.474. The Morgan fingerprint density at radius 2 is 1.70 bits per heavy atom. The third kappa shape index (κ3) is 8.72. The summed E-state index contributed by atoms with van der Waals surface area (Å²) in [5, 5.41) is 0. The molecule has 0 heterocycles. The Labute approximate surface area is 123 Å². The van der Waals surface area contributed by atoms with Gasteiger partial charge in [0, 0.05) is 6.42 Å². The molecule has 0 radical (unpaired) electrons. The predicted molar refractivity (Wildman–Crippen MR) is 76.9 cm³/mol. The highest BCUT2D eigenvalue weighted by atomic mass is 32.2. The maximum Gasteiger partial charge on any atom is 0.389 e. The van der Waals surface area contributed by atoms with Crippen LogP contribution >= 0.6 is 11.8 Å². The van der Waals surface area contributed by atoms with Crippen molar-refractivity contribution in [1.29, 1.82) is 0 Å². The Bertz CT molecular complexity index is 312. The predicted octanol–water partition coefficient (Wildman–Crippen LogP) is 4.82. The number of hydrogen-bond donors (Lipinski definition) is 0. The minimum Gasteiger partial charge on any atom is -0.464 e. The molecular formula is C14H25F3O2S. The van der Waals surface area contributed by atoms with E-state index in [-0.39, 0.29) is 17.8 Å². The maximum atomic E-state index is 12.0. The van der Waals surface area contributed by atoms with E-state index in [1.165, 1.54) is 11.8 Å². The number of carbonyl (C=O) groups is 1. The van der Waals surface area contributed by atoms with Crippen molar-refractivity contribution in [3.8, 4) is 0 Å². The average Bonchev–Trinajstić information content (AvgIpc) is 2.30. The molecule has 0 saturated heterocycles. The van der Waals surface area contributed by atoms with Gasteiger partial charge >= 0.3 is 12.1 Å². The van der Waals surface area contributed by atoms with Gasteiger partial charge in [-0.25, -0.2) is 0 Å². The number of hydrogen-bond acceptors (Lipinski definition) is 3. The molecule has 0 N–H and O–H groups in total. The molecule has 0 amide bonds. The molecule has 0 aliphatic rings. The molecule has 2 nitrogen and oxygen atoms in total. The third-order valence-electron chi connectivity index (χ3n) is 3.11. The van der Waals surface area contributed by atoms with Gasteiger partial charge in [-0.05, 0) is 37.9 Å². The summed E-state index contributed by atoms with van der Waals surface area (Å²) in [7, 11) is 0. The van der Waals surface area contributed by atoms with Gasteiger partial charge in [0.25, 0.3) is 0 Å². The van der Waals surface area contributed by atoms with Crippen molar-refractivity contribution in [3.05, 3.63) is 0 Å². The van der Waals surface area contributed by atoms with Crippen LogP contribution in [-0.4, -0.2) is 29.3 Å². The lowest BCUT2D eigenvalue weighted by Crippen LogP contribution is -2.33. The van der Waals surface area contributed by atoms with Crippen molar-refractivity contribution in [1.82, 2.24) is 0 Å². The lowest BCUT2D eigenvalue weighted by atomic mass is 9.92. The van der Waals surface area contributed by atoms with Gasteiger partial charge in [0.05, 0.1) is 6.61 Å². The summed E-state index contributed by atoms with van der Waals surface area (Å²) in [6.45, 7) is 9.73. The van der Waals surface area contributed by atoms with Crippen LogP contribution in [0.4, 0.5) is 13.2 Å². The molecule has 0 spiro atoms. The molecule has 0 aromatic carbocycles. The standard InChI is InChI=1S/C14H25F3O2S/c1-6-12(2,3)10-19-11(18)13(4,5)20-9-7-8-14(15,16)17/h6-10H2,1-5H3. The van der Waals surface area contributed by atoms with E-state index in [1.807, 2.05) is 20.8 Å². The Morgan fingerprint density at radius 3 is 2.15 bits per heavy atom. The van der Waals surface area contributed by atoms with Gasteiger partial charge in [-0.15, -0.1) is 11.8 Å². The molecule has 0 saturated carbocycles. The number of rotatable bonds is 8. The maximum absolute atomic E-state index is 12.0. The zero-order valence-electron chi connectivity index (χ0n) is 12.9. The third-order valence-corrected chi connectivity index (χ3v) is 4.49. The molecule has 120 valence electrons. The van der Waals surface area contributed by atoms with Crippen molar-refractivity contribution in [2.45, 2.75) is 64.8 Å². The minimum absolute atomic E-state index is 0.0192. The van der Waals surface area contributed by atoms with Crippen LogP contribution in [0.1, 0.15) is 53.9 Å². The number of carbonyl (C=O) groups excluding carboxylic acids is 1. The number of ether oxygens (including phenoxy) is 1. The smallest absolute Gasteiger partial charge is 0.389 e. The Morgan fingerprint density at radius 1 is 1.15 bits per heavy atom. The fraction of sp³-hybridized carbons (Fsp3) is 0.929. The lowest BCUT2D eigenvalue weighted by Gasteiger charge is -2.27. The van der Waals surface area contributed by atoms with Crippen LogP contribution in [0.3, 0.4) is 0 Å². The number of thioether (sulfide) groups is 1. The van der Waals surface area contributed by atoms with Crippen molar-refractivity contribution in [2.75, 3.05) is 12.4 Å². The number of alkyl halides is 3. The molecule has 6 heteroatoms. The summed E-state index contributed by atoms with van der Waals surface area (Å²) in [4.78, 5) is 12.0. The first-order valence-corrected chi connectivity index (χ1v) is 7.76. The van der Waals surface area contributed by atoms with E-state index >= 15 is 0 Å². The summed E-state index contributed by atoms with van der Waals surface area (Å²) in [5.41, 5.74) is -0.0767. The summed E-state index contributed by atoms with van der Waals surface area (Å²) in [6, 6.07) is 0. The summed E-state index contributed by atoms with van der Waals surface area (Å²) in [6.07, 6.45) is -4.03. The van der Waals surface area contributed by atoms with Crippen LogP contribution < -0.4 is 0 Å². The second-order valence-electron chi connectivity index (χ2n) is 6.17. The van der Waals surface area contributed by atoms with E-state index in [2.05, 4.69) is 0 Å². The summed E-state index contributed by atoms with van der Waals surface area (Å²) < 4.78 is 40.5. The highest BCUT2D eigenvalue weighted by Crippen LogP contribution is 2.30. The van der Waals surface area contributed by atoms with Gasteiger partial charge in [0.2, 0.25) is 0 Å². The summed E-state index contributed by atoms with van der Waals surface area (Å²) in [5.74, 6) is -0.0743. The van der Waals surface area contributed by atoms with Gasteiger partial charge in [-0.1, -0.05) is 20.8 Å². The number of halogens is 3. The van der Waals surface area contributed by atoms with Gasteiger partial charge in [-0.3, -0.25) is 4.79 Å². The molecular weight excluding hydrogens is 289 g/mol. The first-order valence-electron chi connectivity index (χ1n) is 6.77. The van der Waals surface area contributed by atoms with E-state index < -0.39 is 17.3 Å². The molecule has 0 rings (SSSR count). The highest BCUT2D eigenvalue weighted by Gasteiger charge is 2.32.